The Kier molecular flexibility index (Phi) is 12.6. The van der Waals surface area contributed by atoms with Gasteiger partial charge in [0.2, 0.25) is 0 Å². The Morgan fingerprint density at radius 2 is 1.03 bits per heavy atom. The minimum Gasteiger partial charge on any atom is -0.541 e. The van der Waals surface area contributed by atoms with Crippen LogP contribution in [-0.2, 0) is 19.6 Å². The van der Waals surface area contributed by atoms with Crippen LogP contribution in [0.4, 0.5) is 74.6 Å². The summed E-state index contributed by atoms with van der Waals surface area (Å²) in [5, 5.41) is -7.72. The maximum atomic E-state index is 13.8. The molecule has 0 aliphatic heterocycles. The smallest absolute Gasteiger partial charge is 0.541 e. The van der Waals surface area contributed by atoms with E-state index in [1.165, 1.54) is 13.8 Å². The van der Waals surface area contributed by atoms with Crippen LogP contribution in [0.3, 0.4) is 0 Å². The van der Waals surface area contributed by atoms with E-state index in [0.717, 1.165) is 0 Å². The van der Waals surface area contributed by atoms with Gasteiger partial charge in [-0.05, 0) is 6.42 Å². The van der Waals surface area contributed by atoms with Gasteiger partial charge in [0.25, 0.3) is 0 Å². The molecule has 24 heteroatoms. The van der Waals surface area contributed by atoms with Crippen LogP contribution in [0.5, 0.6) is 0 Å². The molecule has 5 nitrogen and oxygen atoms in total. The summed E-state index contributed by atoms with van der Waals surface area (Å²) in [4.78, 5) is 11.3. The van der Waals surface area contributed by atoms with Crippen molar-refractivity contribution in [1.29, 1.82) is 0 Å². The Bertz CT molecular complexity index is 968. The molecular weight excluding hydrogens is 754 g/mol. The zero-order chi connectivity index (χ0) is 31.2. The first kappa shape index (κ1) is 40.7. The number of sulfonamides is 1. The van der Waals surface area contributed by atoms with Crippen LogP contribution < -0.4 is 0 Å². The molecule has 1 atom stereocenters. The normalized spacial score (nSPS) is 16.0. The molecule has 0 aromatic heterocycles. The van der Waals surface area contributed by atoms with E-state index in [9.17, 15) is 87.8 Å². The molecule has 0 radical (unpaired) electrons. The summed E-state index contributed by atoms with van der Waals surface area (Å²) in [6.45, 7) is -0.544. The van der Waals surface area contributed by atoms with E-state index in [0.29, 0.717) is 0 Å². The van der Waals surface area contributed by atoms with E-state index >= 15 is 0 Å². The average Bonchev–Trinajstić information content (AvgIpc) is 2.73. The summed E-state index contributed by atoms with van der Waals surface area (Å²) in [6.07, 6.45) is -7.82. The van der Waals surface area contributed by atoms with Crippen LogP contribution in [0.15, 0.2) is 0 Å². The maximum absolute atomic E-state index is 13.8. The molecule has 0 aliphatic rings. The van der Waals surface area contributed by atoms with E-state index < -0.39 is 82.0 Å². The predicted molar refractivity (Wildman–Crippen MR) is 88.2 cm³/mol. The first-order chi connectivity index (χ1) is 16.4. The van der Waals surface area contributed by atoms with Crippen molar-refractivity contribution in [3.8, 4) is 0 Å². The number of carbonyl (C=O) groups excluding carboxylic acids is 1. The summed E-state index contributed by atoms with van der Waals surface area (Å²) in [6, 6.07) is 0. The Morgan fingerprint density at radius 3 is 1.36 bits per heavy atom. The van der Waals surface area contributed by atoms with Crippen molar-refractivity contribution in [2.75, 3.05) is 13.2 Å². The molecule has 0 aliphatic carbocycles. The number of halogens is 17. The third kappa shape index (κ3) is 6.49. The van der Waals surface area contributed by atoms with Gasteiger partial charge in [0.1, 0.15) is 10.0 Å². The average molecular weight is 767 g/mol. The number of rotatable bonds is 13. The number of ether oxygens (including phenoxy) is 1. The van der Waals surface area contributed by atoms with Gasteiger partial charge in [-0.1, -0.05) is 13.8 Å². The fourth-order valence-corrected chi connectivity index (χ4v) is 2.93. The predicted octanol–water partition coefficient (Wildman–Crippen LogP) is 6.25. The van der Waals surface area contributed by atoms with E-state index in [1.54, 1.807) is 4.72 Å². The molecule has 0 bridgehead atoms. The second-order valence-corrected chi connectivity index (χ2v) is 8.99. The first-order valence-electron chi connectivity index (χ1n) is 9.18. The Morgan fingerprint density at radius 1 is 0.692 bits per heavy atom. The van der Waals surface area contributed by atoms with Gasteiger partial charge in [-0.25, -0.2) is 8.42 Å². The van der Waals surface area contributed by atoms with Gasteiger partial charge in [-0.3, -0.25) is 4.79 Å². The van der Waals surface area contributed by atoms with E-state index in [-0.39, 0.29) is 47.7 Å². The summed E-state index contributed by atoms with van der Waals surface area (Å²) in [7, 11) is -7.54. The SMILES string of the molecule is CCC(C)C(=O)OCC[N-]S(=O)(=O)C(F)(F)C(F)(F)C(F)(F)C(F)(F)C(F)(F)C(F)(F)C(F)(F)C(F)(F)F.[Pr+3]. The largest absolute Gasteiger partial charge is 3.00 e. The molecule has 0 aromatic carbocycles. The molecule has 0 saturated carbocycles. The maximum Gasteiger partial charge on any atom is 3.00 e. The summed E-state index contributed by atoms with van der Waals surface area (Å²) in [5.74, 6) is -54.1. The monoisotopic (exact) mass is 767 g/mol. The second-order valence-electron chi connectivity index (χ2n) is 7.27. The molecule has 0 rings (SSSR count). The second kappa shape index (κ2) is 12.0. The van der Waals surface area contributed by atoms with Gasteiger partial charge in [-0.15, -0.1) is 6.54 Å². The number of hydrogen-bond acceptors (Lipinski definition) is 4. The zero-order valence-electron chi connectivity index (χ0n) is 18.7. The van der Waals surface area contributed by atoms with E-state index in [1.807, 2.05) is 0 Å². The molecule has 1 unspecified atom stereocenters. The third-order valence-corrected chi connectivity index (χ3v) is 6.06. The van der Waals surface area contributed by atoms with Crippen LogP contribution in [-0.4, -0.2) is 74.5 Å². The molecule has 0 heterocycles. The van der Waals surface area contributed by atoms with Gasteiger partial charge >= 0.3 is 94.2 Å². The third-order valence-electron chi connectivity index (χ3n) is 4.63. The quantitative estimate of drug-likeness (QED) is 0.126. The summed E-state index contributed by atoms with van der Waals surface area (Å²) >= 11 is 0. The van der Waals surface area contributed by atoms with E-state index in [2.05, 4.69) is 4.74 Å². The number of esters is 1. The van der Waals surface area contributed by atoms with Crippen molar-refractivity contribution in [2.45, 2.75) is 67.2 Å². The summed E-state index contributed by atoms with van der Waals surface area (Å²) < 4.78 is 252. The molecular formula is C15H13F17NO4PrS+2. The van der Waals surface area contributed by atoms with Crippen molar-refractivity contribution in [2.24, 2.45) is 5.92 Å². The number of alkyl halides is 17. The minimum absolute atomic E-state index is 0. The molecule has 39 heavy (non-hydrogen) atoms. The van der Waals surface area contributed by atoms with Gasteiger partial charge in [0, 0.05) is 0 Å². The Hall–Kier alpha value is -0.446. The van der Waals surface area contributed by atoms with Crippen molar-refractivity contribution >= 4 is 16.0 Å². The topological polar surface area (TPSA) is 74.5 Å². The van der Waals surface area contributed by atoms with Crippen LogP contribution in [0.25, 0.3) is 4.72 Å². The van der Waals surface area contributed by atoms with Gasteiger partial charge in [0.05, 0.1) is 12.5 Å². The Balaban J connectivity index is 0. The van der Waals surface area contributed by atoms with Gasteiger partial charge < -0.3 is 9.46 Å². The summed E-state index contributed by atoms with van der Waals surface area (Å²) in [5.41, 5.74) is 0. The molecule has 0 fully saturated rings. The Labute approximate surface area is 240 Å². The fraction of sp³-hybridized carbons (Fsp3) is 0.933. The fourth-order valence-electron chi connectivity index (χ4n) is 2.01. The van der Waals surface area contributed by atoms with Crippen molar-refractivity contribution in [3.05, 3.63) is 4.72 Å². The van der Waals surface area contributed by atoms with Gasteiger partial charge in [-0.2, -0.15) is 74.6 Å². The van der Waals surface area contributed by atoms with Gasteiger partial charge in [0.15, 0.2) is 0 Å². The number of carbonyl (C=O) groups is 1. The molecule has 0 aromatic rings. The van der Waals surface area contributed by atoms with Crippen LogP contribution in [0.2, 0.25) is 0 Å². The van der Waals surface area contributed by atoms with Crippen LogP contribution in [0.1, 0.15) is 20.3 Å². The molecule has 0 saturated heterocycles. The molecule has 0 amide bonds. The number of hydrogen-bond donors (Lipinski definition) is 0. The van der Waals surface area contributed by atoms with Crippen molar-refractivity contribution in [1.82, 2.24) is 0 Å². The van der Waals surface area contributed by atoms with Crippen LogP contribution in [0, 0.1) is 47.2 Å². The molecule has 0 spiro atoms. The van der Waals surface area contributed by atoms with Crippen LogP contribution >= 0.6 is 0 Å². The number of nitrogens with zero attached hydrogens (tertiary/aromatic N) is 1. The van der Waals surface area contributed by atoms with E-state index in [4.69, 9.17) is 0 Å². The zero-order valence-corrected chi connectivity index (χ0v) is 23.2. The molecule has 0 N–H and O–H groups in total. The molecule has 228 valence electrons. The standard InChI is InChI=1S/C15H13F17NO4S.Pr/c1-3-6(2)7(34)37-5-4-33-38(35,36)15(31,32)13(26,27)11(22,23)9(18,19)8(16,17)10(20,21)12(24,25)14(28,29)30;/h6H,3-5H2,1-2H3;/q-1;+3. The first-order valence-corrected chi connectivity index (χ1v) is 10.6. The minimum atomic E-state index is -8.91. The van der Waals surface area contributed by atoms with Crippen molar-refractivity contribution < 1.29 is 134 Å². The van der Waals surface area contributed by atoms with Crippen molar-refractivity contribution in [3.63, 3.8) is 0 Å².